The Bertz CT molecular complexity index is 913. The zero-order valence-electron chi connectivity index (χ0n) is 18.1. The predicted octanol–water partition coefficient (Wildman–Crippen LogP) is 4.30. The van der Waals surface area contributed by atoms with Crippen LogP contribution in [0.5, 0.6) is 11.8 Å². The van der Waals surface area contributed by atoms with Crippen LogP contribution in [0.25, 0.3) is 10.9 Å². The molecule has 2 aliphatic rings. The van der Waals surface area contributed by atoms with Gasteiger partial charge in [-0.15, -0.1) is 0 Å². The van der Waals surface area contributed by atoms with Gasteiger partial charge in [-0.25, -0.2) is 4.98 Å². The smallest absolute Gasteiger partial charge is 0.317 e. The first-order valence-corrected chi connectivity index (χ1v) is 11.5. The number of hydrogen-bond donors (Lipinski definition) is 1. The Morgan fingerprint density at radius 1 is 1.19 bits per heavy atom. The maximum Gasteiger partial charge on any atom is 0.317 e. The van der Waals surface area contributed by atoms with Gasteiger partial charge in [0.1, 0.15) is 11.9 Å². The van der Waals surface area contributed by atoms with Crippen molar-refractivity contribution in [3.05, 3.63) is 23.4 Å². The highest BCUT2D eigenvalue weighted by Gasteiger charge is 2.25. The second kappa shape index (κ2) is 10.0. The van der Waals surface area contributed by atoms with Crippen LogP contribution in [-0.2, 0) is 9.53 Å². The lowest BCUT2D eigenvalue weighted by atomic mass is 9.95. The Hall–Kier alpha value is -2.12. The van der Waals surface area contributed by atoms with Gasteiger partial charge in [-0.05, 0) is 63.5 Å². The van der Waals surface area contributed by atoms with E-state index in [1.54, 1.807) is 6.20 Å². The molecule has 2 fully saturated rings. The van der Waals surface area contributed by atoms with Gasteiger partial charge in [0.05, 0.1) is 29.9 Å². The molecule has 4 rings (SSSR count). The minimum atomic E-state index is -0.0353. The minimum Gasteiger partial charge on any atom is -0.492 e. The fourth-order valence-electron chi connectivity index (χ4n) is 3.83. The minimum absolute atomic E-state index is 0.0175. The molecule has 0 saturated heterocycles. The van der Waals surface area contributed by atoms with Gasteiger partial charge in [0.15, 0.2) is 0 Å². The van der Waals surface area contributed by atoms with Crippen molar-refractivity contribution in [2.75, 3.05) is 13.2 Å². The number of aromatic nitrogens is 2. The van der Waals surface area contributed by atoms with E-state index in [0.29, 0.717) is 35.9 Å². The number of hydrogen-bond acceptors (Lipinski definition) is 6. The van der Waals surface area contributed by atoms with E-state index in [0.717, 1.165) is 36.6 Å². The molecule has 1 aromatic heterocycles. The Morgan fingerprint density at radius 2 is 1.94 bits per heavy atom. The zero-order valence-corrected chi connectivity index (χ0v) is 18.9. The molecule has 0 bridgehead atoms. The zero-order chi connectivity index (χ0) is 21.8. The third kappa shape index (κ3) is 6.20. The van der Waals surface area contributed by atoms with Crippen molar-refractivity contribution in [2.45, 2.75) is 70.6 Å². The van der Waals surface area contributed by atoms with Crippen LogP contribution < -0.4 is 14.8 Å². The van der Waals surface area contributed by atoms with Crippen molar-refractivity contribution in [1.82, 2.24) is 15.3 Å². The lowest BCUT2D eigenvalue weighted by Crippen LogP contribution is -2.37. The lowest BCUT2D eigenvalue weighted by molar-refractivity contribution is -0.120. The molecule has 8 heteroatoms. The molecule has 2 aliphatic carbocycles. The van der Waals surface area contributed by atoms with Crippen LogP contribution in [0.2, 0.25) is 5.02 Å². The molecule has 2 aromatic rings. The summed E-state index contributed by atoms with van der Waals surface area (Å²) in [7, 11) is 0. The Balaban J connectivity index is 1.28. The SMILES string of the molecule is CC(=O)N[C@@H](C)CO[C@H]1CC[C@H](Oc2ncc3c(Cl)c(OCC4CC4)ccc3n2)CC1. The largest absolute Gasteiger partial charge is 0.492 e. The number of benzene rings is 1. The molecule has 0 spiro atoms. The van der Waals surface area contributed by atoms with E-state index in [-0.39, 0.29) is 24.2 Å². The molecular weight excluding hydrogens is 418 g/mol. The first kappa shape index (κ1) is 22.1. The van der Waals surface area contributed by atoms with Gasteiger partial charge in [-0.1, -0.05) is 11.6 Å². The topological polar surface area (TPSA) is 82.6 Å². The fourth-order valence-corrected chi connectivity index (χ4v) is 4.09. The average molecular weight is 448 g/mol. The Morgan fingerprint density at radius 3 is 2.65 bits per heavy atom. The van der Waals surface area contributed by atoms with Crippen LogP contribution in [0.4, 0.5) is 0 Å². The fraction of sp³-hybridized carbons (Fsp3) is 0.609. The maximum absolute atomic E-state index is 11.1. The number of nitrogens with zero attached hydrogens (tertiary/aromatic N) is 2. The van der Waals surface area contributed by atoms with Crippen LogP contribution in [0, 0.1) is 5.92 Å². The summed E-state index contributed by atoms with van der Waals surface area (Å²) in [5, 5.41) is 4.16. The predicted molar refractivity (Wildman–Crippen MR) is 119 cm³/mol. The van der Waals surface area contributed by atoms with Gasteiger partial charge < -0.3 is 19.5 Å². The van der Waals surface area contributed by atoms with Crippen LogP contribution >= 0.6 is 11.6 Å². The van der Waals surface area contributed by atoms with E-state index < -0.39 is 0 Å². The highest BCUT2D eigenvalue weighted by molar-refractivity contribution is 6.36. The van der Waals surface area contributed by atoms with Crippen molar-refractivity contribution in [1.29, 1.82) is 0 Å². The molecule has 0 radical (unpaired) electrons. The first-order chi connectivity index (χ1) is 15.0. The number of rotatable bonds is 9. The van der Waals surface area contributed by atoms with E-state index >= 15 is 0 Å². The van der Waals surface area contributed by atoms with Gasteiger partial charge in [0.2, 0.25) is 5.91 Å². The van der Waals surface area contributed by atoms with Crippen LogP contribution in [-0.4, -0.2) is 47.3 Å². The van der Waals surface area contributed by atoms with E-state index in [1.807, 2.05) is 19.1 Å². The summed E-state index contributed by atoms with van der Waals surface area (Å²) < 4.78 is 17.8. The van der Waals surface area contributed by atoms with Gasteiger partial charge in [0.25, 0.3) is 0 Å². The molecule has 1 atom stereocenters. The highest BCUT2D eigenvalue weighted by atomic mass is 35.5. The summed E-state index contributed by atoms with van der Waals surface area (Å²) >= 11 is 6.50. The number of carbonyl (C=O) groups excluding carboxylic acids is 1. The van der Waals surface area contributed by atoms with Crippen molar-refractivity contribution in [3.8, 4) is 11.8 Å². The van der Waals surface area contributed by atoms with Crippen molar-refractivity contribution >= 4 is 28.4 Å². The number of carbonyl (C=O) groups is 1. The first-order valence-electron chi connectivity index (χ1n) is 11.1. The van der Waals surface area contributed by atoms with Crippen LogP contribution in [0.3, 0.4) is 0 Å². The molecule has 0 aliphatic heterocycles. The molecule has 2 saturated carbocycles. The van der Waals surface area contributed by atoms with E-state index in [1.165, 1.54) is 19.8 Å². The summed E-state index contributed by atoms with van der Waals surface area (Å²) in [5.41, 5.74) is 0.748. The van der Waals surface area contributed by atoms with Gasteiger partial charge in [-0.2, -0.15) is 4.98 Å². The third-order valence-corrected chi connectivity index (χ3v) is 6.13. The van der Waals surface area contributed by atoms with Gasteiger partial charge >= 0.3 is 6.01 Å². The standard InChI is InChI=1S/C23H30ClN3O4/c1-14(26-15(2)28)12-29-17-5-7-18(8-6-17)31-23-25-11-19-20(27-23)9-10-21(22(19)24)30-13-16-3-4-16/h9-11,14,16-18H,3-8,12-13H2,1-2H3,(H,26,28)/t14-,17-,18-/m0/s1. The molecule has 168 valence electrons. The third-order valence-electron chi connectivity index (χ3n) is 5.74. The number of amides is 1. The Kier molecular flexibility index (Phi) is 7.13. The summed E-state index contributed by atoms with van der Waals surface area (Å²) in [6.07, 6.45) is 8.05. The number of fused-ring (bicyclic) bond motifs is 1. The quantitative estimate of drug-likeness (QED) is 0.617. The van der Waals surface area contributed by atoms with Crippen LogP contribution in [0.1, 0.15) is 52.4 Å². The summed E-state index contributed by atoms with van der Waals surface area (Å²) in [6, 6.07) is 4.16. The lowest BCUT2D eigenvalue weighted by Gasteiger charge is -2.29. The van der Waals surface area contributed by atoms with Gasteiger partial charge in [-0.3, -0.25) is 4.79 Å². The summed E-state index contributed by atoms with van der Waals surface area (Å²) in [5.74, 6) is 1.32. The molecule has 7 nitrogen and oxygen atoms in total. The Labute approximate surface area is 187 Å². The summed E-state index contributed by atoms with van der Waals surface area (Å²) in [6.45, 7) is 4.70. The summed E-state index contributed by atoms with van der Waals surface area (Å²) in [4.78, 5) is 20.0. The second-order valence-corrected chi connectivity index (χ2v) is 9.05. The average Bonchev–Trinajstić information content (AvgIpc) is 3.57. The van der Waals surface area contributed by atoms with Crippen molar-refractivity contribution < 1.29 is 19.0 Å². The van der Waals surface area contributed by atoms with Crippen molar-refractivity contribution in [2.24, 2.45) is 5.92 Å². The molecule has 31 heavy (non-hydrogen) atoms. The van der Waals surface area contributed by atoms with E-state index in [9.17, 15) is 4.79 Å². The molecular formula is C23H30ClN3O4. The normalized spacial score (nSPS) is 22.2. The molecule has 1 heterocycles. The molecule has 1 N–H and O–H groups in total. The van der Waals surface area contributed by atoms with Gasteiger partial charge in [0, 0.05) is 24.5 Å². The number of nitrogens with one attached hydrogen (secondary N) is 1. The van der Waals surface area contributed by atoms with Crippen molar-refractivity contribution in [3.63, 3.8) is 0 Å². The molecule has 0 unspecified atom stereocenters. The number of halogens is 1. The molecule has 1 aromatic carbocycles. The maximum atomic E-state index is 11.1. The highest BCUT2D eigenvalue weighted by Crippen LogP contribution is 2.35. The van der Waals surface area contributed by atoms with E-state index in [2.05, 4.69) is 15.3 Å². The monoisotopic (exact) mass is 447 g/mol. The van der Waals surface area contributed by atoms with E-state index in [4.69, 9.17) is 25.8 Å². The number of ether oxygens (including phenoxy) is 3. The molecule has 1 amide bonds. The second-order valence-electron chi connectivity index (χ2n) is 8.67. The van der Waals surface area contributed by atoms with Crippen LogP contribution in [0.15, 0.2) is 18.3 Å².